The molecule has 188 valence electrons. The molecule has 0 spiro atoms. The summed E-state index contributed by atoms with van der Waals surface area (Å²) in [6, 6.07) is 5.07. The van der Waals surface area contributed by atoms with Gasteiger partial charge in [0.15, 0.2) is 12.0 Å². The van der Waals surface area contributed by atoms with Crippen molar-refractivity contribution in [1.29, 1.82) is 0 Å². The lowest BCUT2D eigenvalue weighted by Crippen LogP contribution is -2.51. The Kier molecular flexibility index (Phi) is 5.96. The Balaban J connectivity index is 1.44. The van der Waals surface area contributed by atoms with E-state index in [2.05, 4.69) is 37.9 Å². The van der Waals surface area contributed by atoms with Crippen LogP contribution in [0.25, 0.3) is 11.5 Å². The molecule has 1 fully saturated rings. The minimum atomic E-state index is -0.335. The molecule has 4 heterocycles. The largest absolute Gasteiger partial charge is 0.427 e. The number of carbonyl (C=O) groups is 1. The van der Waals surface area contributed by atoms with E-state index in [0.717, 1.165) is 12.8 Å². The van der Waals surface area contributed by atoms with Crippen LogP contribution in [0.2, 0.25) is 0 Å². The van der Waals surface area contributed by atoms with Gasteiger partial charge < -0.3 is 25.1 Å². The Bertz CT molecular complexity index is 1490. The molecule has 0 unspecified atom stereocenters. The number of hydrogen-bond donors (Lipinski definition) is 3. The van der Waals surface area contributed by atoms with Crippen LogP contribution in [0.5, 0.6) is 0 Å². The van der Waals surface area contributed by atoms with Crippen LogP contribution in [0.15, 0.2) is 46.2 Å². The molecular weight excluding hydrogens is 464 g/mol. The van der Waals surface area contributed by atoms with Crippen LogP contribution in [0.1, 0.15) is 35.8 Å². The zero-order chi connectivity index (χ0) is 25.4. The SMILES string of the molecule is CNc1cc(Nc2cccn(-c3ocnc3C)c2=O)nc2c(C(=O)NC[C@H]3CC[C@]3(C)OC)cnn12. The van der Waals surface area contributed by atoms with Gasteiger partial charge in [-0.2, -0.15) is 9.61 Å². The van der Waals surface area contributed by atoms with Crippen molar-refractivity contribution in [2.45, 2.75) is 32.3 Å². The van der Waals surface area contributed by atoms with Crippen LogP contribution in [-0.2, 0) is 4.74 Å². The van der Waals surface area contributed by atoms with E-state index in [1.54, 1.807) is 50.0 Å². The predicted molar refractivity (Wildman–Crippen MR) is 133 cm³/mol. The first kappa shape index (κ1) is 23.5. The molecule has 36 heavy (non-hydrogen) atoms. The van der Waals surface area contributed by atoms with Crippen LogP contribution in [-0.4, -0.2) is 56.4 Å². The van der Waals surface area contributed by atoms with Crippen molar-refractivity contribution in [3.05, 3.63) is 58.6 Å². The second-order valence-corrected chi connectivity index (χ2v) is 9.00. The van der Waals surface area contributed by atoms with Crippen molar-refractivity contribution < 1.29 is 13.9 Å². The van der Waals surface area contributed by atoms with E-state index in [1.165, 1.54) is 17.2 Å². The number of hydrogen-bond acceptors (Lipinski definition) is 9. The lowest BCUT2D eigenvalue weighted by molar-refractivity contribution is -0.107. The number of rotatable bonds is 8. The Morgan fingerprint density at radius 2 is 2.22 bits per heavy atom. The minimum absolute atomic E-state index is 0.212. The van der Waals surface area contributed by atoms with Gasteiger partial charge in [0, 0.05) is 38.9 Å². The fourth-order valence-corrected chi connectivity index (χ4v) is 4.43. The molecule has 0 saturated heterocycles. The number of aromatic nitrogens is 5. The van der Waals surface area contributed by atoms with Gasteiger partial charge in [-0.1, -0.05) is 0 Å². The topological polar surface area (TPSA) is 141 Å². The van der Waals surface area contributed by atoms with Gasteiger partial charge in [-0.15, -0.1) is 0 Å². The summed E-state index contributed by atoms with van der Waals surface area (Å²) < 4.78 is 13.9. The molecular formula is C24H28N8O4. The summed E-state index contributed by atoms with van der Waals surface area (Å²) in [5.41, 5.74) is 1.01. The molecule has 0 aliphatic heterocycles. The van der Waals surface area contributed by atoms with Gasteiger partial charge in [-0.3, -0.25) is 14.2 Å². The summed E-state index contributed by atoms with van der Waals surface area (Å²) in [6.45, 7) is 4.32. The molecule has 1 saturated carbocycles. The maximum atomic E-state index is 13.1. The van der Waals surface area contributed by atoms with Gasteiger partial charge in [0.05, 0.1) is 11.8 Å². The van der Waals surface area contributed by atoms with Crippen molar-refractivity contribution >= 4 is 28.9 Å². The average molecular weight is 493 g/mol. The first-order valence-electron chi connectivity index (χ1n) is 11.6. The first-order valence-corrected chi connectivity index (χ1v) is 11.6. The Labute approximate surface area is 206 Å². The highest BCUT2D eigenvalue weighted by molar-refractivity contribution is 6.00. The second-order valence-electron chi connectivity index (χ2n) is 9.00. The van der Waals surface area contributed by atoms with Crippen molar-refractivity contribution in [3.63, 3.8) is 0 Å². The predicted octanol–water partition coefficient (Wildman–Crippen LogP) is 2.51. The highest BCUT2D eigenvalue weighted by Crippen LogP contribution is 2.40. The normalized spacial score (nSPS) is 19.2. The van der Waals surface area contributed by atoms with E-state index in [0.29, 0.717) is 41.0 Å². The van der Waals surface area contributed by atoms with Crippen LogP contribution in [0, 0.1) is 12.8 Å². The number of ether oxygens (including phenoxy) is 1. The summed E-state index contributed by atoms with van der Waals surface area (Å²) in [4.78, 5) is 34.8. The number of amides is 1. The van der Waals surface area contributed by atoms with Crippen LogP contribution >= 0.6 is 0 Å². The van der Waals surface area contributed by atoms with Crippen LogP contribution in [0.3, 0.4) is 0 Å². The molecule has 0 bridgehead atoms. The number of aryl methyl sites for hydroxylation is 1. The van der Waals surface area contributed by atoms with Crippen LogP contribution < -0.4 is 21.5 Å². The number of anilines is 3. The van der Waals surface area contributed by atoms with E-state index in [9.17, 15) is 9.59 Å². The number of methoxy groups -OCH3 is 1. The fraction of sp³-hybridized carbons (Fsp3) is 0.375. The highest BCUT2D eigenvalue weighted by atomic mass is 16.5. The molecule has 1 aliphatic carbocycles. The standard InChI is InChI=1S/C24H28N8O4/c1-14-23(36-13-27-14)31-9-5-6-17(22(31)34)29-18-10-19(25-3)32-20(30-18)16(12-28-32)21(33)26-11-15-7-8-24(15,2)35-4/h5-6,9-10,12-13,15,25H,7-8,11H2,1-4H3,(H,26,33)(H,29,30)/t15-,24+/m1/s1. The van der Waals surface area contributed by atoms with Crippen molar-refractivity contribution in [3.8, 4) is 5.88 Å². The summed E-state index contributed by atoms with van der Waals surface area (Å²) in [7, 11) is 3.44. The van der Waals surface area contributed by atoms with Gasteiger partial charge in [0.1, 0.15) is 28.6 Å². The summed E-state index contributed by atoms with van der Waals surface area (Å²) in [5.74, 6) is 1.28. The average Bonchev–Trinajstić information content (AvgIpc) is 3.49. The van der Waals surface area contributed by atoms with Gasteiger partial charge in [0.25, 0.3) is 11.5 Å². The molecule has 4 aromatic heterocycles. The number of fused-ring (bicyclic) bond motifs is 1. The molecule has 1 aliphatic rings. The fourth-order valence-electron chi connectivity index (χ4n) is 4.43. The molecule has 4 aromatic rings. The molecule has 5 rings (SSSR count). The molecule has 1 amide bonds. The Hall–Kier alpha value is -4.19. The molecule has 2 atom stereocenters. The van der Waals surface area contributed by atoms with Crippen molar-refractivity contribution in [2.75, 3.05) is 31.3 Å². The highest BCUT2D eigenvalue weighted by Gasteiger charge is 2.42. The Morgan fingerprint density at radius 1 is 1.39 bits per heavy atom. The van der Waals surface area contributed by atoms with E-state index < -0.39 is 0 Å². The van der Waals surface area contributed by atoms with E-state index in [1.807, 2.05) is 0 Å². The van der Waals surface area contributed by atoms with E-state index in [-0.39, 0.29) is 28.7 Å². The third-order valence-corrected chi connectivity index (χ3v) is 6.95. The number of nitrogens with one attached hydrogen (secondary N) is 3. The lowest BCUT2D eigenvalue weighted by atomic mass is 9.70. The smallest absolute Gasteiger partial charge is 0.281 e. The van der Waals surface area contributed by atoms with Gasteiger partial charge in [-0.05, 0) is 38.8 Å². The quantitative estimate of drug-likeness (QED) is 0.338. The van der Waals surface area contributed by atoms with Gasteiger partial charge >= 0.3 is 0 Å². The number of nitrogens with zero attached hydrogens (tertiary/aromatic N) is 5. The summed E-state index contributed by atoms with van der Waals surface area (Å²) in [6.07, 6.45) is 6.35. The third-order valence-electron chi connectivity index (χ3n) is 6.95. The number of oxazole rings is 1. The van der Waals surface area contributed by atoms with Crippen molar-refractivity contribution in [2.24, 2.45) is 5.92 Å². The molecule has 0 radical (unpaired) electrons. The van der Waals surface area contributed by atoms with E-state index >= 15 is 0 Å². The van der Waals surface area contributed by atoms with Gasteiger partial charge in [0.2, 0.25) is 5.88 Å². The second kappa shape index (κ2) is 9.11. The number of carbonyl (C=O) groups excluding carboxylic acids is 1. The Morgan fingerprint density at radius 3 is 2.89 bits per heavy atom. The minimum Gasteiger partial charge on any atom is -0.427 e. The summed E-state index contributed by atoms with van der Waals surface area (Å²) >= 11 is 0. The van der Waals surface area contributed by atoms with Crippen molar-refractivity contribution in [1.82, 2.24) is 29.5 Å². The monoisotopic (exact) mass is 492 g/mol. The molecule has 12 heteroatoms. The molecule has 0 aromatic carbocycles. The maximum Gasteiger partial charge on any atom is 0.281 e. The zero-order valence-electron chi connectivity index (χ0n) is 20.5. The lowest BCUT2D eigenvalue weighted by Gasteiger charge is -2.45. The summed E-state index contributed by atoms with van der Waals surface area (Å²) in [5, 5.41) is 13.4. The van der Waals surface area contributed by atoms with Crippen LogP contribution in [0.4, 0.5) is 17.3 Å². The maximum absolute atomic E-state index is 13.1. The van der Waals surface area contributed by atoms with E-state index in [4.69, 9.17) is 9.15 Å². The van der Waals surface area contributed by atoms with Gasteiger partial charge in [-0.25, -0.2) is 9.97 Å². The zero-order valence-corrected chi connectivity index (χ0v) is 20.5. The molecule has 3 N–H and O–H groups in total. The molecule has 12 nitrogen and oxygen atoms in total. The number of pyridine rings is 1. The third kappa shape index (κ3) is 3.98. The first-order chi connectivity index (χ1) is 17.3.